The van der Waals surface area contributed by atoms with Crippen LogP contribution in [0, 0.1) is 5.41 Å². The highest BCUT2D eigenvalue weighted by molar-refractivity contribution is 7.11. The first kappa shape index (κ1) is 17.5. The lowest BCUT2D eigenvalue weighted by Gasteiger charge is -2.38. The molecule has 1 fully saturated rings. The topological polar surface area (TPSA) is 66.7 Å². The van der Waals surface area contributed by atoms with E-state index in [0.717, 1.165) is 37.4 Å². The first-order valence-electron chi connectivity index (χ1n) is 8.47. The van der Waals surface area contributed by atoms with Crippen molar-refractivity contribution in [2.24, 2.45) is 0 Å². The van der Waals surface area contributed by atoms with Crippen LogP contribution in [-0.2, 0) is 0 Å². The summed E-state index contributed by atoms with van der Waals surface area (Å²) in [6, 6.07) is 7.54. The minimum Gasteiger partial charge on any atom is -0.509 e. The average molecular weight is 390 g/mol. The Bertz CT molecular complexity index is 872. The monoisotopic (exact) mass is 389 g/mol. The third-order valence-electron chi connectivity index (χ3n) is 4.74. The van der Waals surface area contributed by atoms with Crippen LogP contribution >= 0.6 is 22.9 Å². The van der Waals surface area contributed by atoms with E-state index in [9.17, 15) is 5.11 Å². The number of likely N-dealkylation sites (N-methyl/N-ethyl adjacent to an activating group) is 1. The van der Waals surface area contributed by atoms with Gasteiger partial charge in [-0.25, -0.2) is 9.99 Å². The van der Waals surface area contributed by atoms with Gasteiger partial charge < -0.3 is 10.0 Å². The van der Waals surface area contributed by atoms with Crippen LogP contribution in [0.2, 0.25) is 5.02 Å². The summed E-state index contributed by atoms with van der Waals surface area (Å²) in [7, 11) is 2.10. The van der Waals surface area contributed by atoms with Gasteiger partial charge >= 0.3 is 0 Å². The maximum absolute atomic E-state index is 10.5. The lowest BCUT2D eigenvalue weighted by atomic mass is 10.2. The zero-order chi connectivity index (χ0) is 18.3. The molecule has 26 heavy (non-hydrogen) atoms. The molecule has 1 aromatic heterocycles. The Morgan fingerprint density at radius 1 is 1.23 bits per heavy atom. The number of nitrogens with one attached hydrogen (secondary N) is 1. The van der Waals surface area contributed by atoms with E-state index in [1.807, 2.05) is 34.7 Å². The summed E-state index contributed by atoms with van der Waals surface area (Å²) in [5.74, 6) is 0.528. The highest BCUT2D eigenvalue weighted by atomic mass is 35.5. The van der Waals surface area contributed by atoms with Gasteiger partial charge in [0.15, 0.2) is 0 Å². The number of hydrogen-bond acceptors (Lipinski definition) is 6. The van der Waals surface area contributed by atoms with E-state index < -0.39 is 0 Å². The number of thiazole rings is 1. The summed E-state index contributed by atoms with van der Waals surface area (Å²) in [4.78, 5) is 6.91. The van der Waals surface area contributed by atoms with Crippen LogP contribution in [0.25, 0.3) is 16.8 Å². The van der Waals surface area contributed by atoms with Gasteiger partial charge in [-0.15, -0.1) is 11.3 Å². The number of aromatic nitrogens is 1. The largest absolute Gasteiger partial charge is 0.509 e. The normalized spacial score (nSPS) is 19.6. The molecule has 0 amide bonds. The summed E-state index contributed by atoms with van der Waals surface area (Å²) in [5.41, 5.74) is 2.27. The Morgan fingerprint density at radius 2 is 2.00 bits per heavy atom. The van der Waals surface area contributed by atoms with Crippen molar-refractivity contribution in [1.82, 2.24) is 19.9 Å². The molecule has 2 aliphatic heterocycles. The molecule has 0 spiro atoms. The van der Waals surface area contributed by atoms with Gasteiger partial charge in [0.05, 0.1) is 17.8 Å². The van der Waals surface area contributed by atoms with Crippen LogP contribution in [0.5, 0.6) is 0 Å². The second kappa shape index (κ2) is 7.00. The first-order chi connectivity index (χ1) is 12.5. The summed E-state index contributed by atoms with van der Waals surface area (Å²) in [5, 5.41) is 26.3. The number of aliphatic hydroxyl groups excluding tert-OH is 1. The fourth-order valence-electron chi connectivity index (χ4n) is 3.24. The second-order valence-electron chi connectivity index (χ2n) is 6.53. The molecule has 136 valence electrons. The second-order valence-corrected chi connectivity index (χ2v) is 7.83. The zero-order valence-electron chi connectivity index (χ0n) is 14.4. The molecule has 6 nitrogen and oxygen atoms in total. The van der Waals surface area contributed by atoms with Crippen molar-refractivity contribution in [3.05, 3.63) is 45.4 Å². The maximum Gasteiger partial charge on any atom is 0.149 e. The predicted octanol–water partition coefficient (Wildman–Crippen LogP) is 3.19. The zero-order valence-corrected chi connectivity index (χ0v) is 16.0. The molecule has 2 N–H and O–H groups in total. The molecular formula is C18H20ClN5OS. The number of halogens is 1. The van der Waals surface area contributed by atoms with E-state index >= 15 is 0 Å². The fraction of sp³-hybridized carbons (Fsp3) is 0.333. The summed E-state index contributed by atoms with van der Waals surface area (Å²) in [6.45, 7) is 3.95. The minimum atomic E-state index is 0.209. The number of benzene rings is 1. The van der Waals surface area contributed by atoms with Crippen molar-refractivity contribution in [2.45, 2.75) is 0 Å². The van der Waals surface area contributed by atoms with Gasteiger partial charge in [-0.05, 0) is 19.2 Å². The van der Waals surface area contributed by atoms with Gasteiger partial charge in [0, 0.05) is 42.1 Å². The molecule has 8 heteroatoms. The van der Waals surface area contributed by atoms with Gasteiger partial charge in [0.2, 0.25) is 0 Å². The Kier molecular flexibility index (Phi) is 4.71. The highest BCUT2D eigenvalue weighted by Crippen LogP contribution is 2.33. The number of piperazine rings is 1. The molecular weight excluding hydrogens is 370 g/mol. The number of amidine groups is 1. The van der Waals surface area contributed by atoms with Crippen LogP contribution in [0.3, 0.4) is 0 Å². The molecule has 0 aliphatic carbocycles. The van der Waals surface area contributed by atoms with Crippen LogP contribution in [0.1, 0.15) is 5.01 Å². The summed E-state index contributed by atoms with van der Waals surface area (Å²) in [6.07, 6.45) is 0. The lowest BCUT2D eigenvalue weighted by Crippen LogP contribution is -2.53. The molecule has 0 atom stereocenters. The molecule has 2 aromatic rings. The molecule has 0 radical (unpaired) electrons. The number of rotatable bonds is 3. The SMILES string of the molecule is CN1CCN(N2CC(O)=C(c3nc(-c4cccc(Cl)c4)cs3)C2=N)CC1. The van der Waals surface area contributed by atoms with Crippen molar-refractivity contribution in [3.8, 4) is 11.3 Å². The third kappa shape index (κ3) is 3.23. The summed E-state index contributed by atoms with van der Waals surface area (Å²) >= 11 is 7.50. The molecule has 0 unspecified atom stereocenters. The Labute approximate surface area is 161 Å². The highest BCUT2D eigenvalue weighted by Gasteiger charge is 2.34. The van der Waals surface area contributed by atoms with Crippen LogP contribution in [0.4, 0.5) is 0 Å². The Morgan fingerprint density at radius 3 is 2.73 bits per heavy atom. The molecule has 3 heterocycles. The summed E-state index contributed by atoms with van der Waals surface area (Å²) < 4.78 is 0. The fourth-order valence-corrected chi connectivity index (χ4v) is 4.32. The molecule has 0 saturated carbocycles. The van der Waals surface area contributed by atoms with Crippen molar-refractivity contribution in [1.29, 1.82) is 5.41 Å². The molecule has 0 bridgehead atoms. The van der Waals surface area contributed by atoms with Crippen molar-refractivity contribution < 1.29 is 5.11 Å². The van der Waals surface area contributed by atoms with Crippen molar-refractivity contribution in [2.75, 3.05) is 39.8 Å². The third-order valence-corrected chi connectivity index (χ3v) is 5.84. The van der Waals surface area contributed by atoms with Gasteiger partial charge in [-0.1, -0.05) is 23.7 Å². The van der Waals surface area contributed by atoms with Gasteiger partial charge in [0.25, 0.3) is 0 Å². The van der Waals surface area contributed by atoms with Crippen molar-refractivity contribution >= 4 is 34.3 Å². The van der Waals surface area contributed by atoms with E-state index in [2.05, 4.69) is 21.9 Å². The predicted molar refractivity (Wildman–Crippen MR) is 106 cm³/mol. The van der Waals surface area contributed by atoms with E-state index in [0.29, 0.717) is 28.0 Å². The van der Waals surface area contributed by atoms with Crippen LogP contribution in [-0.4, -0.2) is 70.6 Å². The average Bonchev–Trinajstić information content (AvgIpc) is 3.20. The Balaban J connectivity index is 1.56. The van der Waals surface area contributed by atoms with Gasteiger partial charge in [0.1, 0.15) is 16.6 Å². The smallest absolute Gasteiger partial charge is 0.149 e. The van der Waals surface area contributed by atoms with Gasteiger partial charge in [-0.2, -0.15) is 0 Å². The van der Waals surface area contributed by atoms with Gasteiger partial charge in [-0.3, -0.25) is 10.4 Å². The lowest BCUT2D eigenvalue weighted by molar-refractivity contribution is 0.00796. The molecule has 1 aromatic carbocycles. The van der Waals surface area contributed by atoms with Crippen LogP contribution < -0.4 is 0 Å². The maximum atomic E-state index is 10.5. The van der Waals surface area contributed by atoms with E-state index in [1.54, 1.807) is 0 Å². The molecule has 2 aliphatic rings. The molecule has 4 rings (SSSR count). The number of nitrogens with zero attached hydrogens (tertiary/aromatic N) is 4. The van der Waals surface area contributed by atoms with Crippen molar-refractivity contribution in [3.63, 3.8) is 0 Å². The quantitative estimate of drug-likeness (QED) is 0.843. The minimum absolute atomic E-state index is 0.209. The molecule has 1 saturated heterocycles. The van der Waals surface area contributed by atoms with Crippen LogP contribution in [0.15, 0.2) is 35.4 Å². The first-order valence-corrected chi connectivity index (χ1v) is 9.72. The number of aliphatic hydroxyl groups is 1. The number of hydrogen-bond donors (Lipinski definition) is 2. The Hall–Kier alpha value is -1.93. The van der Waals surface area contributed by atoms with E-state index in [-0.39, 0.29) is 5.76 Å². The standard InChI is InChI=1S/C18H20ClN5OS/c1-22-5-7-23(8-6-22)24-10-15(25)16(17(24)20)18-21-14(11-26-18)12-3-2-4-13(19)9-12/h2-4,9,11,20,25H,5-8,10H2,1H3. The number of hydrazine groups is 1. The van der Waals surface area contributed by atoms with E-state index in [4.69, 9.17) is 17.0 Å². The van der Waals surface area contributed by atoms with E-state index in [1.165, 1.54) is 11.3 Å².